The number of nitrogen functional groups attached to an aromatic ring is 1. The summed E-state index contributed by atoms with van der Waals surface area (Å²) in [6.45, 7) is 3.37. The summed E-state index contributed by atoms with van der Waals surface area (Å²) in [6.07, 6.45) is 1.67. The standard InChI is InChI=1S/C20H23N7O/c1-3-15-14-11-27(9-8-16(14)26-25-15)19(28)13-6-4-12(5-7-13)17-10-18(22-2)24-20(21)23-17/h4-7,10H,3,8-9,11H2,1-2H3,(H,25,26)(H3,21,22,23,24). The molecule has 8 nitrogen and oxygen atoms in total. The number of anilines is 2. The number of hydrogen-bond acceptors (Lipinski definition) is 6. The minimum absolute atomic E-state index is 0.0265. The molecule has 1 amide bonds. The lowest BCUT2D eigenvalue weighted by molar-refractivity contribution is 0.0734. The van der Waals surface area contributed by atoms with Crippen LogP contribution in [0.25, 0.3) is 11.3 Å². The number of amides is 1. The molecule has 0 atom stereocenters. The molecule has 1 aliphatic rings. The molecule has 1 aliphatic heterocycles. The van der Waals surface area contributed by atoms with Crippen LogP contribution in [-0.2, 0) is 19.4 Å². The van der Waals surface area contributed by atoms with Gasteiger partial charge in [-0.05, 0) is 18.6 Å². The highest BCUT2D eigenvalue weighted by molar-refractivity contribution is 5.94. The van der Waals surface area contributed by atoms with E-state index in [-0.39, 0.29) is 11.9 Å². The molecule has 0 spiro atoms. The van der Waals surface area contributed by atoms with Crippen LogP contribution >= 0.6 is 0 Å². The number of hydrogen-bond donors (Lipinski definition) is 3. The third kappa shape index (κ3) is 3.28. The third-order valence-electron chi connectivity index (χ3n) is 5.07. The molecule has 4 N–H and O–H groups in total. The summed E-state index contributed by atoms with van der Waals surface area (Å²) >= 11 is 0. The normalized spacial score (nSPS) is 13.3. The molecular weight excluding hydrogens is 354 g/mol. The monoisotopic (exact) mass is 377 g/mol. The summed E-state index contributed by atoms with van der Waals surface area (Å²) < 4.78 is 0. The molecule has 3 aromatic rings. The number of carbonyl (C=O) groups is 1. The Bertz CT molecular complexity index is 996. The predicted octanol–water partition coefficient (Wildman–Crippen LogP) is 2.25. The molecule has 0 fully saturated rings. The SMILES string of the molecule is CCc1n[nH]c2c1CN(C(=O)c1ccc(-c3cc(NC)nc(N)n3)cc1)CC2. The van der Waals surface area contributed by atoms with Gasteiger partial charge in [0.05, 0.1) is 11.4 Å². The highest BCUT2D eigenvalue weighted by atomic mass is 16.2. The first kappa shape index (κ1) is 18.0. The summed E-state index contributed by atoms with van der Waals surface area (Å²) in [4.78, 5) is 23.2. The second-order valence-electron chi connectivity index (χ2n) is 6.78. The molecule has 8 heteroatoms. The molecule has 0 bridgehead atoms. The van der Waals surface area contributed by atoms with E-state index in [9.17, 15) is 4.79 Å². The minimum Gasteiger partial charge on any atom is -0.373 e. The van der Waals surface area contributed by atoms with E-state index in [1.165, 1.54) is 0 Å². The van der Waals surface area contributed by atoms with Gasteiger partial charge in [-0.25, -0.2) is 4.98 Å². The van der Waals surface area contributed by atoms with Crippen molar-refractivity contribution in [2.45, 2.75) is 26.3 Å². The second-order valence-corrected chi connectivity index (χ2v) is 6.78. The number of aryl methyl sites for hydroxylation is 1. The number of nitrogens with one attached hydrogen (secondary N) is 2. The molecule has 2 aromatic heterocycles. The molecule has 4 rings (SSSR count). The van der Waals surface area contributed by atoms with Crippen LogP contribution in [0.1, 0.15) is 34.2 Å². The number of carbonyl (C=O) groups excluding carboxylic acids is 1. The highest BCUT2D eigenvalue weighted by Gasteiger charge is 2.25. The Morgan fingerprint density at radius 3 is 2.79 bits per heavy atom. The Hall–Kier alpha value is -3.42. The van der Waals surface area contributed by atoms with Gasteiger partial charge in [0, 0.05) is 55.0 Å². The molecule has 28 heavy (non-hydrogen) atoms. The Morgan fingerprint density at radius 1 is 1.29 bits per heavy atom. The van der Waals surface area contributed by atoms with Crippen molar-refractivity contribution in [2.24, 2.45) is 0 Å². The summed E-state index contributed by atoms with van der Waals surface area (Å²) in [5.74, 6) is 0.884. The van der Waals surface area contributed by atoms with Crippen molar-refractivity contribution in [1.29, 1.82) is 0 Å². The van der Waals surface area contributed by atoms with Crippen LogP contribution in [0.15, 0.2) is 30.3 Å². The lowest BCUT2D eigenvalue weighted by atomic mass is 10.0. The number of nitrogens with two attached hydrogens (primary N) is 1. The Kier molecular flexibility index (Phi) is 4.68. The van der Waals surface area contributed by atoms with Gasteiger partial charge in [0.1, 0.15) is 5.82 Å². The fraction of sp³-hybridized carbons (Fsp3) is 0.300. The van der Waals surface area contributed by atoms with E-state index < -0.39 is 0 Å². The molecular formula is C20H23N7O. The maximum absolute atomic E-state index is 13.0. The van der Waals surface area contributed by atoms with Crippen molar-refractivity contribution in [2.75, 3.05) is 24.6 Å². The van der Waals surface area contributed by atoms with Crippen LogP contribution in [0.3, 0.4) is 0 Å². The zero-order valence-electron chi connectivity index (χ0n) is 16.0. The van der Waals surface area contributed by atoms with E-state index in [0.29, 0.717) is 30.2 Å². The van der Waals surface area contributed by atoms with Crippen molar-refractivity contribution < 1.29 is 4.79 Å². The first-order valence-electron chi connectivity index (χ1n) is 9.36. The van der Waals surface area contributed by atoms with Gasteiger partial charge in [-0.15, -0.1) is 0 Å². The maximum Gasteiger partial charge on any atom is 0.254 e. The van der Waals surface area contributed by atoms with Crippen LogP contribution in [0.5, 0.6) is 0 Å². The number of aromatic nitrogens is 4. The van der Waals surface area contributed by atoms with Crippen molar-refractivity contribution in [3.8, 4) is 11.3 Å². The number of aromatic amines is 1. The lowest BCUT2D eigenvalue weighted by Crippen LogP contribution is -2.36. The van der Waals surface area contributed by atoms with Crippen LogP contribution in [0.2, 0.25) is 0 Å². The second kappa shape index (κ2) is 7.30. The zero-order chi connectivity index (χ0) is 19.7. The highest BCUT2D eigenvalue weighted by Crippen LogP contribution is 2.24. The first-order chi connectivity index (χ1) is 13.6. The van der Waals surface area contributed by atoms with Crippen LogP contribution in [-0.4, -0.2) is 44.6 Å². The van der Waals surface area contributed by atoms with Gasteiger partial charge in [-0.3, -0.25) is 9.89 Å². The van der Waals surface area contributed by atoms with Gasteiger partial charge in [0.25, 0.3) is 5.91 Å². The molecule has 0 saturated heterocycles. The van der Waals surface area contributed by atoms with E-state index in [4.69, 9.17) is 5.73 Å². The van der Waals surface area contributed by atoms with E-state index in [1.807, 2.05) is 35.2 Å². The number of H-pyrrole nitrogens is 1. The summed E-state index contributed by atoms with van der Waals surface area (Å²) in [7, 11) is 1.78. The van der Waals surface area contributed by atoms with Gasteiger partial charge < -0.3 is 16.0 Å². The average Bonchev–Trinajstić information content (AvgIpc) is 3.15. The number of rotatable bonds is 4. The van der Waals surface area contributed by atoms with E-state index >= 15 is 0 Å². The van der Waals surface area contributed by atoms with E-state index in [2.05, 4.69) is 32.4 Å². The minimum atomic E-state index is 0.0265. The van der Waals surface area contributed by atoms with Gasteiger partial charge in [0.2, 0.25) is 5.95 Å². The van der Waals surface area contributed by atoms with Crippen molar-refractivity contribution in [1.82, 2.24) is 25.1 Å². The number of nitrogens with zero attached hydrogens (tertiary/aromatic N) is 4. The van der Waals surface area contributed by atoms with Crippen molar-refractivity contribution >= 4 is 17.7 Å². The molecule has 0 saturated carbocycles. The lowest BCUT2D eigenvalue weighted by Gasteiger charge is -2.27. The van der Waals surface area contributed by atoms with Crippen LogP contribution < -0.4 is 11.1 Å². The molecule has 0 radical (unpaired) electrons. The smallest absolute Gasteiger partial charge is 0.254 e. The Labute approximate surface area is 163 Å². The van der Waals surface area contributed by atoms with Gasteiger partial charge in [-0.2, -0.15) is 10.1 Å². The Balaban J connectivity index is 1.54. The molecule has 0 unspecified atom stereocenters. The molecule has 3 heterocycles. The topological polar surface area (TPSA) is 113 Å². The fourth-order valence-corrected chi connectivity index (χ4v) is 3.53. The largest absolute Gasteiger partial charge is 0.373 e. The zero-order valence-corrected chi connectivity index (χ0v) is 16.0. The fourth-order valence-electron chi connectivity index (χ4n) is 3.53. The number of fused-ring (bicyclic) bond motifs is 1. The van der Waals surface area contributed by atoms with Gasteiger partial charge in [0.15, 0.2) is 0 Å². The molecule has 0 aliphatic carbocycles. The summed E-state index contributed by atoms with van der Waals surface area (Å²) in [5.41, 5.74) is 11.4. The number of benzene rings is 1. The van der Waals surface area contributed by atoms with Crippen molar-refractivity contribution in [3.05, 3.63) is 52.8 Å². The van der Waals surface area contributed by atoms with Gasteiger partial charge >= 0.3 is 0 Å². The van der Waals surface area contributed by atoms with Gasteiger partial charge in [-0.1, -0.05) is 19.1 Å². The van der Waals surface area contributed by atoms with Crippen LogP contribution in [0.4, 0.5) is 11.8 Å². The van der Waals surface area contributed by atoms with E-state index in [0.717, 1.165) is 35.4 Å². The van der Waals surface area contributed by atoms with Crippen molar-refractivity contribution in [3.63, 3.8) is 0 Å². The average molecular weight is 377 g/mol. The maximum atomic E-state index is 13.0. The van der Waals surface area contributed by atoms with Crippen LogP contribution in [0, 0.1) is 0 Å². The Morgan fingerprint density at radius 2 is 2.07 bits per heavy atom. The quantitative estimate of drug-likeness (QED) is 0.643. The molecule has 1 aromatic carbocycles. The molecule has 144 valence electrons. The first-order valence-corrected chi connectivity index (χ1v) is 9.36. The predicted molar refractivity (Wildman–Crippen MR) is 108 cm³/mol. The summed E-state index contributed by atoms with van der Waals surface area (Å²) in [6, 6.07) is 9.27. The third-order valence-corrected chi connectivity index (χ3v) is 5.07. The summed E-state index contributed by atoms with van der Waals surface area (Å²) in [5, 5.41) is 10.4. The van der Waals surface area contributed by atoms with E-state index in [1.54, 1.807) is 7.05 Å².